The number of aromatic hydroxyl groups is 1. The first kappa shape index (κ1) is 23.4. The Morgan fingerprint density at radius 2 is 1.72 bits per heavy atom. The van der Waals surface area contributed by atoms with Crippen LogP contribution in [0.25, 0.3) is 0 Å². The van der Waals surface area contributed by atoms with Gasteiger partial charge in [-0.25, -0.2) is 0 Å². The zero-order valence-electron chi connectivity index (χ0n) is 18.3. The molecule has 3 nitrogen and oxygen atoms in total. The molecule has 2 N–H and O–H groups in total. The van der Waals surface area contributed by atoms with Gasteiger partial charge in [0, 0.05) is 12.1 Å². The van der Waals surface area contributed by atoms with Crippen LogP contribution in [0.3, 0.4) is 0 Å². The summed E-state index contributed by atoms with van der Waals surface area (Å²) in [6, 6.07) is 13.6. The Hall–Kier alpha value is -1.86. The first-order valence-corrected chi connectivity index (χ1v) is 11.3. The minimum Gasteiger partial charge on any atom is -0.508 e. The van der Waals surface area contributed by atoms with E-state index >= 15 is 0 Å². The molecule has 0 heterocycles. The summed E-state index contributed by atoms with van der Waals surface area (Å²) in [5.74, 6) is 0.879. The van der Waals surface area contributed by atoms with E-state index in [1.807, 2.05) is 44.2 Å². The predicted molar refractivity (Wildman–Crippen MR) is 127 cm³/mol. The number of hydrogen-bond acceptors (Lipinski definition) is 2. The minimum atomic E-state index is 0.0998. The van der Waals surface area contributed by atoms with Crippen LogP contribution in [0, 0.1) is 19.8 Å². The first-order chi connectivity index (χ1) is 13.8. The Morgan fingerprint density at radius 1 is 1.10 bits per heavy atom. The van der Waals surface area contributed by atoms with Crippen LogP contribution >= 0.6 is 9.24 Å². The molecule has 0 spiro atoms. The Morgan fingerprint density at radius 3 is 2.28 bits per heavy atom. The lowest BCUT2D eigenvalue weighted by atomic mass is 9.79. The molecule has 4 heteroatoms. The number of rotatable bonds is 10. The van der Waals surface area contributed by atoms with Gasteiger partial charge in [0.2, 0.25) is 5.91 Å². The van der Waals surface area contributed by atoms with Gasteiger partial charge in [0.1, 0.15) is 5.75 Å². The minimum absolute atomic E-state index is 0.0998. The molecule has 1 amide bonds. The van der Waals surface area contributed by atoms with Crippen LogP contribution in [0.2, 0.25) is 0 Å². The third-order valence-corrected chi connectivity index (χ3v) is 7.41. The van der Waals surface area contributed by atoms with Crippen molar-refractivity contribution in [2.75, 3.05) is 5.32 Å². The third-order valence-electron chi connectivity index (χ3n) is 6.24. The van der Waals surface area contributed by atoms with Gasteiger partial charge in [-0.15, -0.1) is 9.24 Å². The molecule has 0 saturated heterocycles. The van der Waals surface area contributed by atoms with Crippen molar-refractivity contribution >= 4 is 20.8 Å². The zero-order valence-corrected chi connectivity index (χ0v) is 19.4. The topological polar surface area (TPSA) is 49.3 Å². The van der Waals surface area contributed by atoms with Gasteiger partial charge in [-0.3, -0.25) is 4.79 Å². The van der Waals surface area contributed by atoms with E-state index in [1.54, 1.807) is 12.1 Å². The van der Waals surface area contributed by atoms with E-state index in [2.05, 4.69) is 28.4 Å². The van der Waals surface area contributed by atoms with Crippen LogP contribution in [-0.2, 0) is 11.2 Å². The summed E-state index contributed by atoms with van der Waals surface area (Å²) in [5, 5.41) is 12.7. The summed E-state index contributed by atoms with van der Waals surface area (Å²) >= 11 is 0. The predicted octanol–water partition coefficient (Wildman–Crippen LogP) is 6.41. The lowest BCUT2D eigenvalue weighted by Gasteiger charge is -2.37. The standard InChI is InChI=1S/C25H36NO2P/c1-5-21(12-15-23(28)26-24-18(3)8-7-9-19(24)4)25(29,6-2)17-16-20-10-13-22(27)14-11-20/h7-11,13-14,21,27H,5-6,12,15-17,29H2,1-4H3,(H,26,28)/t21-,25?/m1/s1. The average Bonchev–Trinajstić information content (AvgIpc) is 2.71. The number of anilines is 1. The van der Waals surface area contributed by atoms with Crippen LogP contribution in [0.1, 0.15) is 62.6 Å². The Bertz CT molecular complexity index is 783. The number of para-hydroxylation sites is 1. The summed E-state index contributed by atoms with van der Waals surface area (Å²) in [5.41, 5.74) is 4.40. The maximum atomic E-state index is 12.6. The molecule has 0 fully saturated rings. The van der Waals surface area contributed by atoms with Gasteiger partial charge in [-0.2, -0.15) is 0 Å². The highest BCUT2D eigenvalue weighted by Gasteiger charge is 2.31. The molecule has 0 aliphatic rings. The maximum Gasteiger partial charge on any atom is 0.224 e. The molecule has 0 aliphatic heterocycles. The number of aryl methyl sites for hydroxylation is 3. The molecule has 0 radical (unpaired) electrons. The number of hydrogen-bond donors (Lipinski definition) is 2. The summed E-state index contributed by atoms with van der Waals surface area (Å²) < 4.78 is 0. The highest BCUT2D eigenvalue weighted by atomic mass is 31.0. The Balaban J connectivity index is 1.96. The van der Waals surface area contributed by atoms with Crippen molar-refractivity contribution in [3.8, 4) is 5.75 Å². The van der Waals surface area contributed by atoms with Crippen molar-refractivity contribution in [2.24, 2.45) is 5.92 Å². The molecular formula is C25H36NO2P. The average molecular weight is 414 g/mol. The molecule has 0 aromatic heterocycles. The van der Waals surface area contributed by atoms with E-state index in [0.717, 1.165) is 48.9 Å². The molecule has 29 heavy (non-hydrogen) atoms. The number of phenols is 1. The van der Waals surface area contributed by atoms with Gasteiger partial charge >= 0.3 is 0 Å². The summed E-state index contributed by atoms with van der Waals surface area (Å²) in [6.45, 7) is 8.53. The number of benzene rings is 2. The molecule has 2 aromatic rings. The number of nitrogens with one attached hydrogen (secondary N) is 1. The summed E-state index contributed by atoms with van der Waals surface area (Å²) in [6.07, 6.45) is 5.58. The van der Waals surface area contributed by atoms with E-state index < -0.39 is 0 Å². The van der Waals surface area contributed by atoms with E-state index in [1.165, 1.54) is 5.56 Å². The van der Waals surface area contributed by atoms with Gasteiger partial charge in [0.25, 0.3) is 0 Å². The fourth-order valence-electron chi connectivity index (χ4n) is 4.13. The van der Waals surface area contributed by atoms with Crippen molar-refractivity contribution in [2.45, 2.75) is 71.4 Å². The van der Waals surface area contributed by atoms with Gasteiger partial charge in [-0.05, 0) is 79.4 Å². The largest absolute Gasteiger partial charge is 0.508 e. The molecule has 2 unspecified atom stereocenters. The third kappa shape index (κ3) is 6.57. The SMILES string of the molecule is CC[C@H](CCC(=O)Nc1c(C)cccc1C)C(P)(CC)CCc1ccc(O)cc1. The zero-order chi connectivity index (χ0) is 21.4. The number of phenolic OH excluding ortho intramolecular Hbond substituents is 1. The van der Waals surface area contributed by atoms with E-state index in [0.29, 0.717) is 18.1 Å². The molecule has 3 atom stereocenters. The van der Waals surface area contributed by atoms with Crippen molar-refractivity contribution in [1.29, 1.82) is 0 Å². The number of amides is 1. The molecular weight excluding hydrogens is 377 g/mol. The van der Waals surface area contributed by atoms with Crippen LogP contribution < -0.4 is 5.32 Å². The highest BCUT2D eigenvalue weighted by Crippen LogP contribution is 2.41. The first-order valence-electron chi connectivity index (χ1n) is 10.7. The van der Waals surface area contributed by atoms with Crippen LogP contribution in [0.4, 0.5) is 5.69 Å². The maximum absolute atomic E-state index is 12.6. The van der Waals surface area contributed by atoms with E-state index in [-0.39, 0.29) is 11.1 Å². The molecule has 2 aromatic carbocycles. The summed E-state index contributed by atoms with van der Waals surface area (Å²) in [7, 11) is 3.11. The fourth-order valence-corrected chi connectivity index (χ4v) is 4.67. The number of carbonyl (C=O) groups is 1. The lowest BCUT2D eigenvalue weighted by molar-refractivity contribution is -0.116. The van der Waals surface area contributed by atoms with Crippen molar-refractivity contribution in [3.63, 3.8) is 0 Å². The molecule has 0 saturated carbocycles. The normalized spacial score (nSPS) is 14.2. The molecule has 0 aliphatic carbocycles. The lowest BCUT2D eigenvalue weighted by Crippen LogP contribution is -2.32. The van der Waals surface area contributed by atoms with Crippen LogP contribution in [0.15, 0.2) is 42.5 Å². The van der Waals surface area contributed by atoms with Crippen LogP contribution in [0.5, 0.6) is 5.75 Å². The smallest absolute Gasteiger partial charge is 0.224 e. The van der Waals surface area contributed by atoms with E-state index in [9.17, 15) is 9.90 Å². The fraction of sp³-hybridized carbons (Fsp3) is 0.480. The molecule has 158 valence electrons. The van der Waals surface area contributed by atoms with Crippen LogP contribution in [-0.4, -0.2) is 16.2 Å². The van der Waals surface area contributed by atoms with Gasteiger partial charge in [0.05, 0.1) is 0 Å². The highest BCUT2D eigenvalue weighted by molar-refractivity contribution is 7.19. The molecule has 0 bridgehead atoms. The van der Waals surface area contributed by atoms with E-state index in [4.69, 9.17) is 0 Å². The van der Waals surface area contributed by atoms with Gasteiger partial charge < -0.3 is 10.4 Å². The Kier molecular flexibility index (Phi) is 8.71. The van der Waals surface area contributed by atoms with Gasteiger partial charge in [-0.1, -0.05) is 50.6 Å². The second-order valence-corrected chi connectivity index (χ2v) is 9.36. The Labute approximate surface area is 178 Å². The second-order valence-electron chi connectivity index (χ2n) is 8.21. The summed E-state index contributed by atoms with van der Waals surface area (Å²) in [4.78, 5) is 12.6. The number of carbonyl (C=O) groups excluding carboxylic acids is 1. The molecule has 2 rings (SSSR count). The second kappa shape index (κ2) is 10.8. The van der Waals surface area contributed by atoms with Gasteiger partial charge in [0.15, 0.2) is 0 Å². The monoisotopic (exact) mass is 413 g/mol. The quantitative estimate of drug-likeness (QED) is 0.442. The van der Waals surface area contributed by atoms with Crippen molar-refractivity contribution in [1.82, 2.24) is 0 Å². The van der Waals surface area contributed by atoms with Crippen molar-refractivity contribution in [3.05, 3.63) is 59.2 Å². The van der Waals surface area contributed by atoms with Crippen molar-refractivity contribution < 1.29 is 9.90 Å².